The Labute approximate surface area is 138 Å². The van der Waals surface area contributed by atoms with Crippen molar-refractivity contribution in [1.82, 2.24) is 0 Å². The molecule has 1 unspecified atom stereocenters. The fourth-order valence-corrected chi connectivity index (χ4v) is 2.77. The van der Waals surface area contributed by atoms with E-state index in [-0.39, 0.29) is 6.04 Å². The molecule has 0 spiro atoms. The number of nitrogens with two attached hydrogens (primary N) is 1. The number of ether oxygens (including phenoxy) is 3. The molecule has 0 aliphatic heterocycles. The van der Waals surface area contributed by atoms with E-state index in [1.165, 1.54) is 0 Å². The minimum atomic E-state index is -0.337. The summed E-state index contributed by atoms with van der Waals surface area (Å²) in [5.74, 6) is 1.97. The predicted molar refractivity (Wildman–Crippen MR) is 91.3 cm³/mol. The Hall–Kier alpha value is -1.47. The van der Waals surface area contributed by atoms with E-state index >= 15 is 0 Å². The number of benzene rings is 2. The first kappa shape index (κ1) is 15.9. The molecular formula is C16H18INO3. The van der Waals surface area contributed by atoms with Crippen LogP contribution >= 0.6 is 22.6 Å². The summed E-state index contributed by atoms with van der Waals surface area (Å²) in [5, 5.41) is 0. The molecule has 4 nitrogen and oxygen atoms in total. The number of hydrogen-bond acceptors (Lipinski definition) is 4. The summed E-state index contributed by atoms with van der Waals surface area (Å²) < 4.78 is 17.3. The first-order valence-corrected chi connectivity index (χ1v) is 7.49. The lowest BCUT2D eigenvalue weighted by Gasteiger charge is -2.20. The second kappa shape index (κ2) is 7.00. The maximum absolute atomic E-state index is 6.43. The quantitative estimate of drug-likeness (QED) is 0.784. The highest BCUT2D eigenvalue weighted by Crippen LogP contribution is 2.39. The molecule has 0 aliphatic carbocycles. The number of rotatable bonds is 5. The SMILES string of the molecule is COc1cc(OC)c(C(N)c2cccc(I)c2)c(OC)c1. The molecule has 2 aromatic carbocycles. The van der Waals surface area contributed by atoms with Crippen molar-refractivity contribution in [2.45, 2.75) is 6.04 Å². The lowest BCUT2D eigenvalue weighted by atomic mass is 9.97. The van der Waals surface area contributed by atoms with Crippen LogP contribution in [0.25, 0.3) is 0 Å². The largest absolute Gasteiger partial charge is 0.496 e. The molecular weight excluding hydrogens is 381 g/mol. The van der Waals surface area contributed by atoms with E-state index in [2.05, 4.69) is 22.6 Å². The van der Waals surface area contributed by atoms with Gasteiger partial charge in [0.05, 0.1) is 32.9 Å². The van der Waals surface area contributed by atoms with Crippen molar-refractivity contribution in [1.29, 1.82) is 0 Å². The third kappa shape index (κ3) is 3.41. The maximum Gasteiger partial charge on any atom is 0.131 e. The van der Waals surface area contributed by atoms with Gasteiger partial charge in [0.1, 0.15) is 17.2 Å². The first-order chi connectivity index (χ1) is 10.1. The summed E-state index contributed by atoms with van der Waals surface area (Å²) in [6, 6.07) is 11.3. The zero-order valence-corrected chi connectivity index (χ0v) is 14.4. The van der Waals surface area contributed by atoms with Crippen LogP contribution in [0.15, 0.2) is 36.4 Å². The Balaban J connectivity index is 2.55. The third-order valence-electron chi connectivity index (χ3n) is 3.27. The molecule has 5 heteroatoms. The van der Waals surface area contributed by atoms with Gasteiger partial charge in [0, 0.05) is 15.7 Å². The molecule has 0 bridgehead atoms. The van der Waals surface area contributed by atoms with Gasteiger partial charge in [-0.25, -0.2) is 0 Å². The number of methoxy groups -OCH3 is 3. The van der Waals surface area contributed by atoms with Gasteiger partial charge in [-0.15, -0.1) is 0 Å². The van der Waals surface area contributed by atoms with Gasteiger partial charge in [0.25, 0.3) is 0 Å². The standard InChI is InChI=1S/C16H18INO3/c1-19-12-8-13(20-2)15(14(9-12)21-3)16(18)10-5-4-6-11(17)7-10/h4-9,16H,18H2,1-3H3. The van der Waals surface area contributed by atoms with Crippen LogP contribution in [0.5, 0.6) is 17.2 Å². The molecule has 2 N–H and O–H groups in total. The van der Waals surface area contributed by atoms with Crippen molar-refractivity contribution in [3.05, 3.63) is 51.1 Å². The minimum Gasteiger partial charge on any atom is -0.496 e. The van der Waals surface area contributed by atoms with Crippen LogP contribution in [-0.2, 0) is 0 Å². The summed E-state index contributed by atoms with van der Waals surface area (Å²) in [7, 11) is 4.83. The molecule has 2 aromatic rings. The lowest BCUT2D eigenvalue weighted by molar-refractivity contribution is 0.366. The summed E-state index contributed by atoms with van der Waals surface area (Å²) in [4.78, 5) is 0. The van der Waals surface area contributed by atoms with Crippen molar-refractivity contribution in [3.8, 4) is 17.2 Å². The molecule has 0 amide bonds. The molecule has 0 aliphatic rings. The van der Waals surface area contributed by atoms with Crippen molar-refractivity contribution in [3.63, 3.8) is 0 Å². The summed E-state index contributed by atoms with van der Waals surface area (Å²) in [6.45, 7) is 0. The normalized spacial score (nSPS) is 11.9. The van der Waals surface area contributed by atoms with Gasteiger partial charge in [0.15, 0.2) is 0 Å². The molecule has 0 heterocycles. The van der Waals surface area contributed by atoms with Crippen LogP contribution < -0.4 is 19.9 Å². The highest BCUT2D eigenvalue weighted by Gasteiger charge is 2.21. The fourth-order valence-electron chi connectivity index (χ4n) is 2.21. The molecule has 0 radical (unpaired) electrons. The monoisotopic (exact) mass is 399 g/mol. The second-order valence-corrected chi connectivity index (χ2v) is 5.72. The third-order valence-corrected chi connectivity index (χ3v) is 3.94. The van der Waals surface area contributed by atoms with Crippen LogP contribution in [0, 0.1) is 3.57 Å². The zero-order chi connectivity index (χ0) is 15.4. The van der Waals surface area contributed by atoms with Gasteiger partial charge >= 0.3 is 0 Å². The second-order valence-electron chi connectivity index (χ2n) is 4.48. The fraction of sp³-hybridized carbons (Fsp3) is 0.250. The Bertz CT molecular complexity index is 606. The number of halogens is 1. The Kier molecular flexibility index (Phi) is 5.30. The van der Waals surface area contributed by atoms with Gasteiger partial charge in [-0.3, -0.25) is 0 Å². The van der Waals surface area contributed by atoms with Crippen LogP contribution in [0.2, 0.25) is 0 Å². The minimum absolute atomic E-state index is 0.337. The van der Waals surface area contributed by atoms with Crippen molar-refractivity contribution >= 4 is 22.6 Å². The van der Waals surface area contributed by atoms with Crippen LogP contribution in [0.1, 0.15) is 17.2 Å². The lowest BCUT2D eigenvalue weighted by Crippen LogP contribution is -2.14. The molecule has 0 aromatic heterocycles. The van der Waals surface area contributed by atoms with Gasteiger partial charge in [0.2, 0.25) is 0 Å². The molecule has 0 saturated carbocycles. The Morgan fingerprint density at radius 3 is 2.05 bits per heavy atom. The maximum atomic E-state index is 6.43. The molecule has 0 saturated heterocycles. The molecule has 1 atom stereocenters. The van der Waals surface area contributed by atoms with Gasteiger partial charge in [-0.1, -0.05) is 12.1 Å². The van der Waals surface area contributed by atoms with Crippen molar-refractivity contribution in [2.24, 2.45) is 5.73 Å². The van der Waals surface area contributed by atoms with E-state index in [4.69, 9.17) is 19.9 Å². The molecule has 2 rings (SSSR count). The van der Waals surface area contributed by atoms with E-state index in [1.807, 2.05) is 36.4 Å². The van der Waals surface area contributed by atoms with Crippen molar-refractivity contribution in [2.75, 3.05) is 21.3 Å². The highest BCUT2D eigenvalue weighted by atomic mass is 127. The van der Waals surface area contributed by atoms with Gasteiger partial charge in [-0.2, -0.15) is 0 Å². The average molecular weight is 399 g/mol. The smallest absolute Gasteiger partial charge is 0.131 e. The molecule has 21 heavy (non-hydrogen) atoms. The van der Waals surface area contributed by atoms with E-state index in [0.29, 0.717) is 17.2 Å². The molecule has 0 fully saturated rings. The summed E-state index contributed by atoms with van der Waals surface area (Å²) in [6.07, 6.45) is 0. The highest BCUT2D eigenvalue weighted by molar-refractivity contribution is 14.1. The van der Waals surface area contributed by atoms with E-state index in [1.54, 1.807) is 21.3 Å². The van der Waals surface area contributed by atoms with E-state index < -0.39 is 0 Å². The Morgan fingerprint density at radius 2 is 1.57 bits per heavy atom. The zero-order valence-electron chi connectivity index (χ0n) is 12.2. The first-order valence-electron chi connectivity index (χ1n) is 6.41. The van der Waals surface area contributed by atoms with E-state index in [0.717, 1.165) is 14.7 Å². The van der Waals surface area contributed by atoms with E-state index in [9.17, 15) is 0 Å². The molecule has 112 valence electrons. The summed E-state index contributed by atoms with van der Waals surface area (Å²) >= 11 is 2.27. The Morgan fingerprint density at radius 1 is 0.952 bits per heavy atom. The summed E-state index contributed by atoms with van der Waals surface area (Å²) in [5.41, 5.74) is 8.24. The van der Waals surface area contributed by atoms with Gasteiger partial charge in [-0.05, 0) is 40.3 Å². The van der Waals surface area contributed by atoms with Crippen LogP contribution in [-0.4, -0.2) is 21.3 Å². The van der Waals surface area contributed by atoms with Crippen LogP contribution in [0.4, 0.5) is 0 Å². The average Bonchev–Trinajstić information content (AvgIpc) is 2.52. The predicted octanol–water partition coefficient (Wildman–Crippen LogP) is 3.37. The van der Waals surface area contributed by atoms with Crippen molar-refractivity contribution < 1.29 is 14.2 Å². The topological polar surface area (TPSA) is 53.7 Å². The number of hydrogen-bond donors (Lipinski definition) is 1. The van der Waals surface area contributed by atoms with Crippen LogP contribution in [0.3, 0.4) is 0 Å². The van der Waals surface area contributed by atoms with Gasteiger partial charge < -0.3 is 19.9 Å².